The van der Waals surface area contributed by atoms with Crippen molar-refractivity contribution in [3.8, 4) is 6.07 Å². The van der Waals surface area contributed by atoms with E-state index in [1.165, 1.54) is 14.0 Å². The molecule has 0 unspecified atom stereocenters. The minimum atomic E-state index is -1.10. The molecule has 3 aromatic rings. The van der Waals surface area contributed by atoms with E-state index in [1.807, 2.05) is 6.07 Å². The van der Waals surface area contributed by atoms with Crippen LogP contribution in [0.5, 0.6) is 0 Å². The monoisotopic (exact) mass is 376 g/mol. The van der Waals surface area contributed by atoms with Crippen LogP contribution >= 0.6 is 0 Å². The van der Waals surface area contributed by atoms with Gasteiger partial charge >= 0.3 is 5.97 Å². The van der Waals surface area contributed by atoms with E-state index in [-0.39, 0.29) is 11.3 Å². The van der Waals surface area contributed by atoms with Gasteiger partial charge in [-0.25, -0.2) is 9.48 Å². The number of aryl methyl sites for hydroxylation is 1. The fourth-order valence-corrected chi connectivity index (χ4v) is 2.59. The molecule has 0 fully saturated rings. The van der Waals surface area contributed by atoms with Crippen LogP contribution < -0.4 is 10.9 Å². The molecule has 0 spiro atoms. The van der Waals surface area contributed by atoms with Crippen molar-refractivity contribution in [3.63, 3.8) is 0 Å². The molecule has 28 heavy (non-hydrogen) atoms. The number of nitrogens with one attached hydrogen (secondary N) is 1. The molecule has 2 aromatic carbocycles. The Morgan fingerprint density at radius 3 is 2.43 bits per heavy atom. The number of anilines is 1. The maximum Gasteiger partial charge on any atom is 0.360 e. The van der Waals surface area contributed by atoms with Crippen molar-refractivity contribution in [3.05, 3.63) is 70.1 Å². The molecular formula is C20H16N4O4. The summed E-state index contributed by atoms with van der Waals surface area (Å²) >= 11 is 0. The van der Waals surface area contributed by atoms with Crippen molar-refractivity contribution in [2.75, 3.05) is 5.32 Å². The number of benzene rings is 2. The van der Waals surface area contributed by atoms with E-state index in [0.29, 0.717) is 22.0 Å². The number of fused-ring (bicyclic) bond motifs is 1. The smallest absolute Gasteiger partial charge is 0.360 e. The van der Waals surface area contributed by atoms with E-state index in [0.717, 1.165) is 4.68 Å². The number of nitrogens with zero attached hydrogens (tertiary/aromatic N) is 3. The van der Waals surface area contributed by atoms with E-state index >= 15 is 0 Å². The Labute approximate surface area is 160 Å². The topological polar surface area (TPSA) is 114 Å². The molecule has 0 aliphatic heterocycles. The number of rotatable bonds is 4. The Morgan fingerprint density at radius 2 is 1.79 bits per heavy atom. The van der Waals surface area contributed by atoms with Crippen LogP contribution in [0.2, 0.25) is 0 Å². The van der Waals surface area contributed by atoms with Gasteiger partial charge in [0.25, 0.3) is 11.5 Å². The number of ether oxygens (including phenoxy) is 1. The third-order valence-electron chi connectivity index (χ3n) is 4.08. The first kappa shape index (κ1) is 18.8. The standard InChI is InChI=1S/C20H16N4O4/c1-12(18(25)22-14-9-7-13(11-21)8-10-14)28-20(27)17-15-5-3-4-6-16(15)19(26)24(2)23-17/h3-10,12H,1-2H3,(H,22,25)/t12-/m1/s1. The molecular weight excluding hydrogens is 360 g/mol. The Morgan fingerprint density at radius 1 is 1.14 bits per heavy atom. The first-order chi connectivity index (χ1) is 13.4. The van der Waals surface area contributed by atoms with E-state index in [2.05, 4.69) is 10.4 Å². The molecule has 0 bridgehead atoms. The van der Waals surface area contributed by atoms with E-state index < -0.39 is 18.0 Å². The van der Waals surface area contributed by atoms with Crippen molar-refractivity contribution in [1.82, 2.24) is 9.78 Å². The summed E-state index contributed by atoms with van der Waals surface area (Å²) < 4.78 is 6.29. The summed E-state index contributed by atoms with van der Waals surface area (Å²) in [6.45, 7) is 1.43. The van der Waals surface area contributed by atoms with Crippen molar-refractivity contribution in [2.24, 2.45) is 7.05 Å². The summed E-state index contributed by atoms with van der Waals surface area (Å²) in [6, 6.07) is 14.8. The van der Waals surface area contributed by atoms with Gasteiger partial charge in [0.2, 0.25) is 0 Å². The molecule has 0 aliphatic rings. The van der Waals surface area contributed by atoms with Crippen molar-refractivity contribution >= 4 is 28.3 Å². The number of aromatic nitrogens is 2. The van der Waals surface area contributed by atoms with Gasteiger partial charge in [-0.05, 0) is 37.3 Å². The molecule has 0 saturated carbocycles. The predicted molar refractivity (Wildman–Crippen MR) is 102 cm³/mol. The third-order valence-corrected chi connectivity index (χ3v) is 4.08. The molecule has 0 radical (unpaired) electrons. The van der Waals surface area contributed by atoms with Crippen LogP contribution in [0.1, 0.15) is 23.0 Å². The Bertz CT molecular complexity index is 1160. The summed E-state index contributed by atoms with van der Waals surface area (Å²) in [7, 11) is 1.44. The second-order valence-electron chi connectivity index (χ2n) is 6.05. The van der Waals surface area contributed by atoms with Gasteiger partial charge in [0.05, 0.1) is 17.0 Å². The summed E-state index contributed by atoms with van der Waals surface area (Å²) in [6.07, 6.45) is -1.10. The average Bonchev–Trinajstić information content (AvgIpc) is 2.71. The number of esters is 1. The van der Waals surface area contributed by atoms with Gasteiger partial charge < -0.3 is 10.1 Å². The van der Waals surface area contributed by atoms with Gasteiger partial charge in [0.1, 0.15) is 0 Å². The van der Waals surface area contributed by atoms with Crippen LogP contribution in [0.15, 0.2) is 53.3 Å². The predicted octanol–water partition coefficient (Wildman–Crippen LogP) is 1.99. The minimum Gasteiger partial charge on any atom is -0.448 e. The van der Waals surface area contributed by atoms with E-state index in [4.69, 9.17) is 10.00 Å². The van der Waals surface area contributed by atoms with Crippen molar-refractivity contribution in [2.45, 2.75) is 13.0 Å². The van der Waals surface area contributed by atoms with Gasteiger partial charge in [-0.3, -0.25) is 9.59 Å². The number of carbonyl (C=O) groups is 2. The van der Waals surface area contributed by atoms with Gasteiger partial charge in [-0.2, -0.15) is 10.4 Å². The minimum absolute atomic E-state index is 0.0456. The first-order valence-electron chi connectivity index (χ1n) is 8.38. The van der Waals surface area contributed by atoms with Crippen LogP contribution in [0.4, 0.5) is 5.69 Å². The van der Waals surface area contributed by atoms with Gasteiger partial charge in [0, 0.05) is 18.1 Å². The number of carbonyl (C=O) groups excluding carboxylic acids is 2. The summed E-state index contributed by atoms with van der Waals surface area (Å²) in [5.74, 6) is -1.35. The maximum atomic E-state index is 12.6. The van der Waals surface area contributed by atoms with Gasteiger partial charge in [0.15, 0.2) is 11.8 Å². The Kier molecular flexibility index (Phi) is 5.18. The van der Waals surface area contributed by atoms with E-state index in [9.17, 15) is 14.4 Å². The van der Waals surface area contributed by atoms with E-state index in [1.54, 1.807) is 48.5 Å². The first-order valence-corrected chi connectivity index (χ1v) is 8.38. The van der Waals surface area contributed by atoms with Gasteiger partial charge in [-0.15, -0.1) is 0 Å². The molecule has 8 heteroatoms. The third kappa shape index (κ3) is 3.73. The fourth-order valence-electron chi connectivity index (χ4n) is 2.59. The molecule has 1 atom stereocenters. The molecule has 1 heterocycles. The lowest BCUT2D eigenvalue weighted by Gasteiger charge is -2.14. The largest absolute Gasteiger partial charge is 0.448 e. The van der Waals surface area contributed by atoms with Gasteiger partial charge in [-0.1, -0.05) is 18.2 Å². The zero-order chi connectivity index (χ0) is 20.3. The summed E-state index contributed by atoms with van der Waals surface area (Å²) in [4.78, 5) is 37.0. The quantitative estimate of drug-likeness (QED) is 0.697. The van der Waals surface area contributed by atoms with Crippen LogP contribution in [-0.4, -0.2) is 27.8 Å². The van der Waals surface area contributed by atoms with Crippen LogP contribution in [0.3, 0.4) is 0 Å². The number of nitriles is 1. The lowest BCUT2D eigenvalue weighted by molar-refractivity contribution is -0.123. The van der Waals surface area contributed by atoms with Crippen molar-refractivity contribution < 1.29 is 14.3 Å². The van der Waals surface area contributed by atoms with Crippen LogP contribution in [-0.2, 0) is 16.6 Å². The summed E-state index contributed by atoms with van der Waals surface area (Å²) in [5.41, 5.74) is 0.553. The Hall–Kier alpha value is -3.99. The molecule has 0 saturated heterocycles. The molecule has 8 nitrogen and oxygen atoms in total. The maximum absolute atomic E-state index is 12.6. The highest BCUT2D eigenvalue weighted by Gasteiger charge is 2.23. The SMILES string of the molecule is C[C@@H](OC(=O)c1nn(C)c(=O)c2ccccc12)C(=O)Nc1ccc(C#N)cc1. The highest BCUT2D eigenvalue weighted by molar-refractivity contribution is 6.03. The van der Waals surface area contributed by atoms with Crippen LogP contribution in [0, 0.1) is 11.3 Å². The molecule has 1 amide bonds. The Balaban J connectivity index is 1.78. The highest BCUT2D eigenvalue weighted by Crippen LogP contribution is 2.15. The fraction of sp³-hybridized carbons (Fsp3) is 0.150. The molecule has 3 rings (SSSR count). The zero-order valence-electron chi connectivity index (χ0n) is 15.2. The number of hydrogen-bond donors (Lipinski definition) is 1. The molecule has 140 valence electrons. The van der Waals surface area contributed by atoms with Crippen molar-refractivity contribution in [1.29, 1.82) is 5.26 Å². The zero-order valence-corrected chi connectivity index (χ0v) is 15.2. The number of hydrogen-bond acceptors (Lipinski definition) is 6. The molecule has 0 aliphatic carbocycles. The second kappa shape index (κ2) is 7.72. The normalized spacial score (nSPS) is 11.5. The average molecular weight is 376 g/mol. The van der Waals surface area contributed by atoms with Crippen LogP contribution in [0.25, 0.3) is 10.8 Å². The summed E-state index contributed by atoms with van der Waals surface area (Å²) in [5, 5.41) is 16.1. The highest BCUT2D eigenvalue weighted by atomic mass is 16.5. The molecule has 1 aromatic heterocycles. The lowest BCUT2D eigenvalue weighted by Crippen LogP contribution is -2.31. The number of amides is 1. The molecule has 1 N–H and O–H groups in total. The second-order valence-corrected chi connectivity index (χ2v) is 6.05. The lowest BCUT2D eigenvalue weighted by atomic mass is 10.1.